The number of benzene rings is 1. The number of halogens is 1. The molecule has 2 heterocycles. The average Bonchev–Trinajstić information content (AvgIpc) is 3.00. The summed E-state index contributed by atoms with van der Waals surface area (Å²) in [6.07, 6.45) is 4.39. The van der Waals surface area contributed by atoms with Crippen LogP contribution in [-0.4, -0.2) is 27.2 Å². The summed E-state index contributed by atoms with van der Waals surface area (Å²) in [6, 6.07) is 9.20. The second kappa shape index (κ2) is 7.68. The van der Waals surface area contributed by atoms with Gasteiger partial charge in [0.05, 0.1) is 16.7 Å². The molecule has 3 aromatic rings. The minimum Gasteiger partial charge on any atom is -0.414 e. The van der Waals surface area contributed by atoms with Crippen molar-refractivity contribution in [1.82, 2.24) is 9.71 Å². The maximum absolute atomic E-state index is 12.6. The lowest BCUT2D eigenvalue weighted by Gasteiger charge is -2.09. The lowest BCUT2D eigenvalue weighted by molar-refractivity contribution is -0.126. The van der Waals surface area contributed by atoms with Gasteiger partial charge in [-0.1, -0.05) is 36.7 Å². The summed E-state index contributed by atoms with van der Waals surface area (Å²) in [6.45, 7) is 2.57. The number of Topliss-reactive ketones (excluding diaryl/α,β-unsaturated/α-hetero) is 1. The Hall–Kier alpha value is -2.37. The molecule has 0 aliphatic heterocycles. The Morgan fingerprint density at radius 3 is 2.92 bits per heavy atom. The van der Waals surface area contributed by atoms with E-state index in [0.717, 1.165) is 17.3 Å². The molecule has 1 N–H and O–H groups in total. The normalized spacial score (nSPS) is 12.3. The molecule has 0 radical (unpaired) electrons. The van der Waals surface area contributed by atoms with Crippen molar-refractivity contribution in [1.29, 1.82) is 0 Å². The van der Waals surface area contributed by atoms with E-state index in [4.69, 9.17) is 16.4 Å². The van der Waals surface area contributed by atoms with E-state index in [-0.39, 0.29) is 12.2 Å². The number of ketones is 1. The van der Waals surface area contributed by atoms with Gasteiger partial charge in [-0.2, -0.15) is 4.73 Å². The molecule has 3 rings (SSSR count). The van der Waals surface area contributed by atoms with Crippen LogP contribution in [0.5, 0.6) is 0 Å². The van der Waals surface area contributed by atoms with E-state index in [1.54, 1.807) is 23.2 Å². The molecule has 0 fully saturated rings. The lowest BCUT2D eigenvalue weighted by atomic mass is 10.00. The summed E-state index contributed by atoms with van der Waals surface area (Å²) in [5, 5.41) is 11.8. The molecule has 25 heavy (non-hydrogen) atoms. The van der Waals surface area contributed by atoms with Crippen molar-refractivity contribution in [2.24, 2.45) is 0 Å². The summed E-state index contributed by atoms with van der Waals surface area (Å²) in [7, 11) is 0. The molecule has 130 valence electrons. The van der Waals surface area contributed by atoms with Crippen molar-refractivity contribution >= 4 is 28.3 Å². The Balaban J connectivity index is 1.90. The van der Waals surface area contributed by atoms with Crippen LogP contribution in [0.2, 0.25) is 5.02 Å². The molecule has 6 heteroatoms. The number of fused-ring (bicyclic) bond motifs is 1. The molecule has 1 unspecified atom stereocenters. The van der Waals surface area contributed by atoms with Gasteiger partial charge >= 0.3 is 0 Å². The zero-order valence-electron chi connectivity index (χ0n) is 13.9. The van der Waals surface area contributed by atoms with Gasteiger partial charge in [0.1, 0.15) is 12.7 Å². The van der Waals surface area contributed by atoms with E-state index in [2.05, 4.69) is 4.98 Å². The number of hydrogen-bond donors (Lipinski definition) is 1. The van der Waals surface area contributed by atoms with Gasteiger partial charge in [0, 0.05) is 29.8 Å². The maximum Gasteiger partial charge on any atom is 0.170 e. The Labute approximate surface area is 150 Å². The van der Waals surface area contributed by atoms with Crippen LogP contribution in [0.4, 0.5) is 0 Å². The Bertz CT molecular complexity index is 891. The molecular weight excluding hydrogens is 340 g/mol. The molecular formula is C19H19ClN2O3. The number of aliphatic hydroxyl groups is 1. The van der Waals surface area contributed by atoms with Gasteiger partial charge in [-0.25, -0.2) is 0 Å². The largest absolute Gasteiger partial charge is 0.414 e. The van der Waals surface area contributed by atoms with Crippen LogP contribution in [0.15, 0.2) is 48.9 Å². The van der Waals surface area contributed by atoms with Crippen molar-refractivity contribution in [2.75, 3.05) is 6.61 Å². The van der Waals surface area contributed by atoms with Crippen LogP contribution < -0.4 is 4.84 Å². The zero-order valence-corrected chi connectivity index (χ0v) is 14.6. The predicted molar refractivity (Wildman–Crippen MR) is 96.6 cm³/mol. The highest BCUT2D eigenvalue weighted by atomic mass is 35.5. The van der Waals surface area contributed by atoms with Crippen LogP contribution in [-0.2, 0) is 11.2 Å². The first-order valence-electron chi connectivity index (χ1n) is 8.14. The highest BCUT2D eigenvalue weighted by Crippen LogP contribution is 2.28. The summed E-state index contributed by atoms with van der Waals surface area (Å²) in [5.41, 5.74) is 1.99. The monoisotopic (exact) mass is 358 g/mol. The smallest absolute Gasteiger partial charge is 0.170 e. The Kier molecular flexibility index (Phi) is 5.36. The molecule has 0 amide bonds. The predicted octanol–water partition coefficient (Wildman–Crippen LogP) is 3.37. The van der Waals surface area contributed by atoms with Gasteiger partial charge < -0.3 is 9.94 Å². The van der Waals surface area contributed by atoms with Gasteiger partial charge in [0.25, 0.3) is 0 Å². The minimum absolute atomic E-state index is 0.0395. The van der Waals surface area contributed by atoms with Gasteiger partial charge in [0.2, 0.25) is 0 Å². The number of carbonyl (C=O) groups excluding carboxylic acids is 1. The molecule has 0 aliphatic rings. The Morgan fingerprint density at radius 2 is 2.16 bits per heavy atom. The van der Waals surface area contributed by atoms with E-state index in [1.165, 1.54) is 6.20 Å². The van der Waals surface area contributed by atoms with Crippen molar-refractivity contribution in [3.05, 3.63) is 65.1 Å². The molecule has 0 saturated heterocycles. The molecule has 0 aliphatic carbocycles. The molecule has 1 aromatic carbocycles. The lowest BCUT2D eigenvalue weighted by Crippen LogP contribution is -2.15. The molecule has 2 aromatic heterocycles. The van der Waals surface area contributed by atoms with Crippen LogP contribution in [0.1, 0.15) is 30.6 Å². The average molecular weight is 359 g/mol. The summed E-state index contributed by atoms with van der Waals surface area (Å²) in [5.74, 6) is -0.327. The number of nitrogens with zero attached hydrogens (tertiary/aromatic N) is 2. The quantitative estimate of drug-likeness (QED) is 0.703. The number of aromatic nitrogens is 2. The second-order valence-corrected chi connectivity index (χ2v) is 6.18. The third-order valence-electron chi connectivity index (χ3n) is 3.96. The molecule has 0 saturated carbocycles. The summed E-state index contributed by atoms with van der Waals surface area (Å²) >= 11 is 6.05. The summed E-state index contributed by atoms with van der Waals surface area (Å²) < 4.78 is 1.62. The summed E-state index contributed by atoms with van der Waals surface area (Å²) in [4.78, 5) is 22.1. The van der Waals surface area contributed by atoms with E-state index in [9.17, 15) is 9.90 Å². The van der Waals surface area contributed by atoms with Gasteiger partial charge in [0.15, 0.2) is 5.78 Å². The van der Waals surface area contributed by atoms with Crippen molar-refractivity contribution in [3.8, 4) is 0 Å². The van der Waals surface area contributed by atoms with Crippen molar-refractivity contribution in [2.45, 2.75) is 25.9 Å². The van der Waals surface area contributed by atoms with Gasteiger partial charge in [-0.15, -0.1) is 0 Å². The fourth-order valence-corrected chi connectivity index (χ4v) is 2.88. The number of hydrogen-bond acceptors (Lipinski definition) is 4. The van der Waals surface area contributed by atoms with E-state index < -0.39 is 6.10 Å². The van der Waals surface area contributed by atoms with E-state index >= 15 is 0 Å². The highest BCUT2D eigenvalue weighted by Gasteiger charge is 2.23. The van der Waals surface area contributed by atoms with Crippen LogP contribution in [0, 0.1) is 0 Å². The molecule has 0 bridgehead atoms. The fraction of sp³-hybridized carbons (Fsp3) is 0.263. The first-order valence-corrected chi connectivity index (χ1v) is 8.52. The molecule has 1 atom stereocenters. The third kappa shape index (κ3) is 3.67. The Morgan fingerprint density at radius 1 is 1.36 bits per heavy atom. The zero-order chi connectivity index (χ0) is 17.8. The van der Waals surface area contributed by atoms with Crippen LogP contribution in [0.3, 0.4) is 0 Å². The standard InChI is InChI=1S/C19H19ClN2O3/c1-2-9-25-22-12-15(14-5-3-4-6-17(14)22)19(24)18(23)10-13-7-8-21-11-16(13)20/h3-8,11-12,19,24H,2,9-10H2,1H3. The first kappa shape index (κ1) is 17.5. The third-order valence-corrected chi connectivity index (χ3v) is 4.30. The van der Waals surface area contributed by atoms with Crippen molar-refractivity contribution < 1.29 is 14.7 Å². The number of aliphatic hydroxyl groups excluding tert-OH is 1. The minimum atomic E-state index is -1.25. The van der Waals surface area contributed by atoms with E-state index in [0.29, 0.717) is 22.8 Å². The van der Waals surface area contributed by atoms with Crippen molar-refractivity contribution in [3.63, 3.8) is 0 Å². The van der Waals surface area contributed by atoms with Gasteiger partial charge in [-0.3, -0.25) is 9.78 Å². The second-order valence-electron chi connectivity index (χ2n) is 5.77. The highest BCUT2D eigenvalue weighted by molar-refractivity contribution is 6.31. The maximum atomic E-state index is 12.6. The van der Waals surface area contributed by atoms with Crippen LogP contribution >= 0.6 is 11.6 Å². The topological polar surface area (TPSA) is 64.3 Å². The molecule has 0 spiro atoms. The first-order chi connectivity index (χ1) is 12.1. The SMILES string of the molecule is CCCOn1cc(C(O)C(=O)Cc2ccncc2Cl)c2ccccc21. The number of pyridine rings is 1. The van der Waals surface area contributed by atoms with Crippen LogP contribution in [0.25, 0.3) is 10.9 Å². The number of rotatable bonds is 7. The number of carbonyl (C=O) groups is 1. The number of para-hydroxylation sites is 1. The molecule has 5 nitrogen and oxygen atoms in total. The fourth-order valence-electron chi connectivity index (χ4n) is 2.69. The van der Waals surface area contributed by atoms with E-state index in [1.807, 2.05) is 31.2 Å². The van der Waals surface area contributed by atoms with Gasteiger partial charge in [-0.05, 0) is 24.1 Å².